The number of hydrogen-bond donors (Lipinski definition) is 3. The number of fused-ring (bicyclic) bond motifs is 1. The Morgan fingerprint density at radius 1 is 1.26 bits per heavy atom. The van der Waals surface area contributed by atoms with E-state index in [-0.39, 0.29) is 27.7 Å². The van der Waals surface area contributed by atoms with Gasteiger partial charge in [0, 0.05) is 5.69 Å². The maximum atomic E-state index is 13.1. The Labute approximate surface area is 200 Å². The minimum absolute atomic E-state index is 0.149. The predicted molar refractivity (Wildman–Crippen MR) is 121 cm³/mol. The summed E-state index contributed by atoms with van der Waals surface area (Å²) in [5, 5.41) is 26.3. The molecule has 2 heterocycles. The number of aryl methyl sites for hydroxylation is 1. The quantitative estimate of drug-likeness (QED) is 0.384. The van der Waals surface area contributed by atoms with E-state index < -0.39 is 23.8 Å². The largest absolute Gasteiger partial charge is 0.416 e. The van der Waals surface area contributed by atoms with Crippen LogP contribution in [0.5, 0.6) is 0 Å². The van der Waals surface area contributed by atoms with E-state index in [1.807, 2.05) is 0 Å². The highest BCUT2D eigenvalue weighted by atomic mass is 35.5. The standard InChI is InChI=1S/C22H15ClF3N7O2/c1-10-17-18(20(28)30-9-29-17)33(32-10)16-3-2-14(7-15(16)23)31-21(35)19(34)12-4-11(8-27)5-13(6-12)22(24,25)26/h2-7,9,19,34H,1H3,(H,31,35)(H2,28,29,30). The number of benzene rings is 2. The van der Waals surface area contributed by atoms with Crippen LogP contribution in [0.1, 0.15) is 28.5 Å². The Bertz CT molecular complexity index is 1510. The molecule has 1 amide bonds. The van der Waals surface area contributed by atoms with Crippen LogP contribution in [0.15, 0.2) is 42.7 Å². The molecular weight excluding hydrogens is 487 g/mol. The number of nitrogens with zero attached hydrogens (tertiary/aromatic N) is 5. The minimum Gasteiger partial charge on any atom is -0.382 e. The molecule has 4 aromatic rings. The lowest BCUT2D eigenvalue weighted by atomic mass is 10.0. The first-order valence-corrected chi connectivity index (χ1v) is 10.2. The fraction of sp³-hybridized carbons (Fsp3) is 0.136. The fourth-order valence-electron chi connectivity index (χ4n) is 3.44. The van der Waals surface area contributed by atoms with Crippen LogP contribution in [0, 0.1) is 18.3 Å². The number of anilines is 2. The number of aromatic nitrogens is 4. The van der Waals surface area contributed by atoms with Crippen molar-refractivity contribution in [3.05, 3.63) is 70.1 Å². The van der Waals surface area contributed by atoms with Crippen LogP contribution in [-0.2, 0) is 11.0 Å². The number of hydrogen-bond acceptors (Lipinski definition) is 7. The van der Waals surface area contributed by atoms with Gasteiger partial charge in [-0.05, 0) is 48.9 Å². The molecule has 1 unspecified atom stereocenters. The molecule has 2 aromatic heterocycles. The first-order chi connectivity index (χ1) is 16.5. The van der Waals surface area contributed by atoms with Gasteiger partial charge in [0.05, 0.1) is 33.6 Å². The van der Waals surface area contributed by atoms with Crippen molar-refractivity contribution in [3.8, 4) is 11.8 Å². The molecule has 0 aliphatic heterocycles. The Morgan fingerprint density at radius 2 is 2.00 bits per heavy atom. The van der Waals surface area contributed by atoms with Crippen LogP contribution in [0.3, 0.4) is 0 Å². The number of alkyl halides is 3. The third-order valence-electron chi connectivity index (χ3n) is 5.07. The molecule has 0 spiro atoms. The molecule has 0 aliphatic rings. The molecule has 4 N–H and O–H groups in total. The lowest BCUT2D eigenvalue weighted by Crippen LogP contribution is -2.21. The molecule has 2 aromatic carbocycles. The summed E-state index contributed by atoms with van der Waals surface area (Å²) in [5.41, 5.74) is 6.21. The number of carbonyl (C=O) groups is 1. The van der Waals surface area contributed by atoms with Gasteiger partial charge in [0.15, 0.2) is 11.9 Å². The van der Waals surface area contributed by atoms with Crippen molar-refractivity contribution in [2.75, 3.05) is 11.1 Å². The number of carbonyl (C=O) groups excluding carboxylic acids is 1. The summed E-state index contributed by atoms with van der Waals surface area (Å²) >= 11 is 6.40. The highest BCUT2D eigenvalue weighted by Gasteiger charge is 2.32. The second-order valence-corrected chi connectivity index (χ2v) is 7.87. The van der Waals surface area contributed by atoms with Gasteiger partial charge in [0.1, 0.15) is 17.4 Å². The molecule has 0 radical (unpaired) electrons. The van der Waals surface area contributed by atoms with Crippen LogP contribution < -0.4 is 11.1 Å². The first kappa shape index (κ1) is 23.9. The Hall–Kier alpha value is -4.21. The predicted octanol–water partition coefficient (Wildman–Crippen LogP) is 3.92. The van der Waals surface area contributed by atoms with Crippen molar-refractivity contribution < 1.29 is 23.1 Å². The minimum atomic E-state index is -4.76. The van der Waals surface area contributed by atoms with Crippen LogP contribution in [0.2, 0.25) is 5.02 Å². The van der Waals surface area contributed by atoms with Gasteiger partial charge >= 0.3 is 6.18 Å². The van der Waals surface area contributed by atoms with Crippen molar-refractivity contribution in [3.63, 3.8) is 0 Å². The number of aliphatic hydroxyl groups excluding tert-OH is 1. The van der Waals surface area contributed by atoms with E-state index in [2.05, 4.69) is 20.4 Å². The highest BCUT2D eigenvalue weighted by Crippen LogP contribution is 2.33. The van der Waals surface area contributed by atoms with E-state index in [0.717, 1.165) is 6.07 Å². The van der Waals surface area contributed by atoms with E-state index in [1.54, 1.807) is 13.0 Å². The van der Waals surface area contributed by atoms with Crippen molar-refractivity contribution >= 4 is 40.0 Å². The lowest BCUT2D eigenvalue weighted by molar-refractivity contribution is -0.138. The van der Waals surface area contributed by atoms with Crippen molar-refractivity contribution in [2.24, 2.45) is 0 Å². The average Bonchev–Trinajstić information content (AvgIpc) is 3.15. The monoisotopic (exact) mass is 501 g/mol. The van der Waals surface area contributed by atoms with Crippen LogP contribution in [-0.4, -0.2) is 30.8 Å². The maximum Gasteiger partial charge on any atom is 0.416 e. The van der Waals surface area contributed by atoms with Crippen LogP contribution >= 0.6 is 11.6 Å². The van der Waals surface area contributed by atoms with Gasteiger partial charge in [-0.1, -0.05) is 11.6 Å². The normalized spacial score (nSPS) is 12.4. The maximum absolute atomic E-state index is 13.1. The molecule has 0 bridgehead atoms. The van der Waals surface area contributed by atoms with Gasteiger partial charge in [0.2, 0.25) is 0 Å². The van der Waals surface area contributed by atoms with E-state index in [0.29, 0.717) is 34.5 Å². The van der Waals surface area contributed by atoms with E-state index >= 15 is 0 Å². The molecule has 35 heavy (non-hydrogen) atoms. The fourth-order valence-corrected chi connectivity index (χ4v) is 3.70. The number of nitrogens with two attached hydrogens (primary N) is 1. The second-order valence-electron chi connectivity index (χ2n) is 7.46. The molecule has 0 aliphatic carbocycles. The zero-order valence-corrected chi connectivity index (χ0v) is 18.6. The zero-order chi connectivity index (χ0) is 25.5. The second kappa shape index (κ2) is 8.86. The number of aliphatic hydroxyl groups is 1. The number of halogens is 4. The summed E-state index contributed by atoms with van der Waals surface area (Å²) in [6, 6.07) is 8.19. The summed E-state index contributed by atoms with van der Waals surface area (Å²) in [7, 11) is 0. The third-order valence-corrected chi connectivity index (χ3v) is 5.38. The van der Waals surface area contributed by atoms with Crippen molar-refractivity contribution in [2.45, 2.75) is 19.2 Å². The summed E-state index contributed by atoms with van der Waals surface area (Å²) in [5.74, 6) is -0.833. The molecule has 4 rings (SSSR count). The van der Waals surface area contributed by atoms with Crippen LogP contribution in [0.25, 0.3) is 16.7 Å². The van der Waals surface area contributed by atoms with E-state index in [9.17, 15) is 23.1 Å². The molecule has 9 nitrogen and oxygen atoms in total. The van der Waals surface area contributed by atoms with Crippen molar-refractivity contribution in [1.82, 2.24) is 19.7 Å². The van der Waals surface area contributed by atoms with Crippen molar-refractivity contribution in [1.29, 1.82) is 5.26 Å². The smallest absolute Gasteiger partial charge is 0.382 e. The zero-order valence-electron chi connectivity index (χ0n) is 17.8. The molecule has 178 valence electrons. The Morgan fingerprint density at radius 3 is 2.66 bits per heavy atom. The molecule has 13 heteroatoms. The van der Waals surface area contributed by atoms with Gasteiger partial charge in [-0.25, -0.2) is 14.6 Å². The lowest BCUT2D eigenvalue weighted by Gasteiger charge is -2.15. The number of nitrogens with one attached hydrogen (secondary N) is 1. The summed E-state index contributed by atoms with van der Waals surface area (Å²) < 4.78 is 40.8. The van der Waals surface area contributed by atoms with E-state index in [1.165, 1.54) is 29.2 Å². The molecule has 1 atom stereocenters. The van der Waals surface area contributed by atoms with Gasteiger partial charge < -0.3 is 16.2 Å². The Balaban J connectivity index is 1.62. The molecule has 0 saturated carbocycles. The van der Waals surface area contributed by atoms with Gasteiger partial charge in [-0.3, -0.25) is 4.79 Å². The third kappa shape index (κ3) is 4.59. The number of nitriles is 1. The number of rotatable bonds is 4. The summed E-state index contributed by atoms with van der Waals surface area (Å²) in [4.78, 5) is 20.7. The van der Waals surface area contributed by atoms with Gasteiger partial charge in [-0.2, -0.15) is 23.5 Å². The SMILES string of the molecule is Cc1nn(-c2ccc(NC(=O)C(O)c3cc(C#N)cc(C(F)(F)F)c3)cc2Cl)c2c(N)ncnc12. The number of nitrogen functional groups attached to an aromatic ring is 1. The average molecular weight is 502 g/mol. The van der Waals surface area contributed by atoms with E-state index in [4.69, 9.17) is 22.6 Å². The summed E-state index contributed by atoms with van der Waals surface area (Å²) in [6.45, 7) is 1.74. The summed E-state index contributed by atoms with van der Waals surface area (Å²) in [6.07, 6.45) is -5.42. The van der Waals surface area contributed by atoms with Gasteiger partial charge in [0.25, 0.3) is 5.91 Å². The van der Waals surface area contributed by atoms with Gasteiger partial charge in [-0.15, -0.1) is 0 Å². The topological polar surface area (TPSA) is 143 Å². The van der Waals surface area contributed by atoms with Crippen LogP contribution in [0.4, 0.5) is 24.7 Å². The Kier molecular flexibility index (Phi) is 6.06. The highest BCUT2D eigenvalue weighted by molar-refractivity contribution is 6.32. The first-order valence-electron chi connectivity index (χ1n) is 9.86. The number of amides is 1. The molecular formula is C22H15ClF3N7O2. The molecule has 0 fully saturated rings. The molecule has 0 saturated heterocycles.